The molecular weight excluding hydrogens is 462 g/mol. The zero-order valence-corrected chi connectivity index (χ0v) is 22.4. The van der Waals surface area contributed by atoms with E-state index in [-0.39, 0.29) is 28.6 Å². The van der Waals surface area contributed by atoms with E-state index in [1.165, 1.54) is 12.7 Å². The predicted octanol–water partition coefficient (Wildman–Crippen LogP) is 6.59. The molecule has 1 heterocycles. The van der Waals surface area contributed by atoms with Gasteiger partial charge in [0.2, 0.25) is 0 Å². The molecule has 0 bridgehead atoms. The summed E-state index contributed by atoms with van der Waals surface area (Å²) in [6.07, 6.45) is 13.3. The van der Waals surface area contributed by atoms with Crippen LogP contribution in [0.15, 0.2) is 42.0 Å². The SMILES string of the molecule is CCCC(C=O)C(C)CN1CC(C)(CCCC2=CC=CC(Cl)C2)COc2ccc(C(=O)OC)cc21. The molecule has 3 rings (SSSR count). The number of halogens is 1. The van der Waals surface area contributed by atoms with Crippen molar-refractivity contribution in [3.8, 4) is 5.75 Å². The number of allylic oxidation sites excluding steroid dienone is 4. The van der Waals surface area contributed by atoms with Crippen molar-refractivity contribution in [2.45, 2.75) is 64.7 Å². The molecule has 5 nitrogen and oxygen atoms in total. The number of hydrogen-bond acceptors (Lipinski definition) is 5. The highest BCUT2D eigenvalue weighted by atomic mass is 35.5. The van der Waals surface area contributed by atoms with Gasteiger partial charge in [0.15, 0.2) is 0 Å². The minimum atomic E-state index is -0.364. The Morgan fingerprint density at radius 1 is 1.40 bits per heavy atom. The Morgan fingerprint density at radius 2 is 2.20 bits per heavy atom. The third-order valence-electron chi connectivity index (χ3n) is 7.29. The van der Waals surface area contributed by atoms with Crippen LogP contribution in [0.3, 0.4) is 0 Å². The van der Waals surface area contributed by atoms with Crippen LogP contribution in [0.25, 0.3) is 0 Å². The second-order valence-corrected chi connectivity index (χ2v) is 11.1. The summed E-state index contributed by atoms with van der Waals surface area (Å²) >= 11 is 6.30. The van der Waals surface area contributed by atoms with Gasteiger partial charge in [-0.3, -0.25) is 0 Å². The molecule has 0 saturated heterocycles. The molecule has 4 unspecified atom stereocenters. The number of aldehydes is 1. The molecule has 192 valence electrons. The smallest absolute Gasteiger partial charge is 0.337 e. The van der Waals surface area contributed by atoms with Crippen LogP contribution in [0.5, 0.6) is 5.75 Å². The number of anilines is 1. The lowest BCUT2D eigenvalue weighted by Crippen LogP contribution is -2.41. The number of methoxy groups -OCH3 is 1. The summed E-state index contributed by atoms with van der Waals surface area (Å²) in [5.41, 5.74) is 2.73. The first-order chi connectivity index (χ1) is 16.8. The van der Waals surface area contributed by atoms with E-state index in [1.54, 1.807) is 6.07 Å². The fourth-order valence-corrected chi connectivity index (χ4v) is 5.50. The molecule has 0 saturated carbocycles. The highest BCUT2D eigenvalue weighted by Crippen LogP contribution is 2.40. The highest BCUT2D eigenvalue weighted by Gasteiger charge is 2.34. The van der Waals surface area contributed by atoms with Gasteiger partial charge < -0.3 is 19.2 Å². The van der Waals surface area contributed by atoms with E-state index in [2.05, 4.69) is 37.8 Å². The minimum Gasteiger partial charge on any atom is -0.491 e. The third kappa shape index (κ3) is 7.36. The Kier molecular flexibility index (Phi) is 9.85. The second-order valence-electron chi connectivity index (χ2n) is 10.5. The first kappa shape index (κ1) is 27.3. The van der Waals surface area contributed by atoms with Crippen molar-refractivity contribution in [2.24, 2.45) is 17.3 Å². The number of carbonyl (C=O) groups excluding carboxylic acids is 2. The van der Waals surface area contributed by atoms with Gasteiger partial charge in [0.1, 0.15) is 12.0 Å². The minimum absolute atomic E-state index is 0.0115. The average molecular weight is 502 g/mol. The van der Waals surface area contributed by atoms with Crippen molar-refractivity contribution in [1.82, 2.24) is 0 Å². The Morgan fingerprint density at radius 3 is 2.89 bits per heavy atom. The number of hydrogen-bond donors (Lipinski definition) is 0. The Balaban J connectivity index is 1.81. The maximum absolute atomic E-state index is 12.2. The molecule has 4 atom stereocenters. The van der Waals surface area contributed by atoms with Gasteiger partial charge in [0, 0.05) is 24.4 Å². The molecule has 0 amide bonds. The molecule has 0 fully saturated rings. The number of fused-ring (bicyclic) bond motifs is 1. The van der Waals surface area contributed by atoms with Gasteiger partial charge in [-0.25, -0.2) is 4.79 Å². The predicted molar refractivity (Wildman–Crippen MR) is 143 cm³/mol. The zero-order chi connectivity index (χ0) is 25.4. The summed E-state index contributed by atoms with van der Waals surface area (Å²) in [6, 6.07) is 5.50. The first-order valence-electron chi connectivity index (χ1n) is 12.8. The largest absolute Gasteiger partial charge is 0.491 e. The van der Waals surface area contributed by atoms with Crippen LogP contribution >= 0.6 is 11.6 Å². The molecule has 1 aliphatic heterocycles. The van der Waals surface area contributed by atoms with Gasteiger partial charge >= 0.3 is 5.97 Å². The molecular formula is C29H40ClNO4. The molecule has 1 aromatic rings. The topological polar surface area (TPSA) is 55.8 Å². The number of carbonyl (C=O) groups is 2. The van der Waals surface area contributed by atoms with Crippen molar-refractivity contribution in [3.63, 3.8) is 0 Å². The highest BCUT2D eigenvalue weighted by molar-refractivity contribution is 6.22. The monoisotopic (exact) mass is 501 g/mol. The lowest BCUT2D eigenvalue weighted by Gasteiger charge is -2.36. The van der Waals surface area contributed by atoms with E-state index in [0.717, 1.165) is 69.3 Å². The van der Waals surface area contributed by atoms with Gasteiger partial charge in [0.25, 0.3) is 0 Å². The zero-order valence-electron chi connectivity index (χ0n) is 21.6. The normalized spacial score (nSPS) is 23.4. The van der Waals surface area contributed by atoms with E-state index >= 15 is 0 Å². The lowest BCUT2D eigenvalue weighted by atomic mass is 9.83. The summed E-state index contributed by atoms with van der Waals surface area (Å²) in [5, 5.41) is 0.0937. The van der Waals surface area contributed by atoms with Gasteiger partial charge in [-0.2, -0.15) is 0 Å². The molecule has 1 aliphatic carbocycles. The van der Waals surface area contributed by atoms with Crippen LogP contribution in [0.1, 0.15) is 69.7 Å². The molecule has 1 aromatic carbocycles. The third-order valence-corrected chi connectivity index (χ3v) is 7.59. The standard InChI is InChI=1S/C29H40ClNO4/c1-5-8-24(18-32)21(2)17-31-19-29(3,14-7-10-22-9-6-11-25(30)15-22)20-35-27-13-12-23(16-26(27)31)28(33)34-4/h6,9,11-13,16,18,21,24-25H,5,7-8,10,14-15,17,19-20H2,1-4H3. The lowest BCUT2D eigenvalue weighted by molar-refractivity contribution is -0.112. The summed E-state index contributed by atoms with van der Waals surface area (Å²) in [7, 11) is 1.39. The second kappa shape index (κ2) is 12.6. The Bertz CT molecular complexity index is 943. The van der Waals surface area contributed by atoms with Gasteiger partial charge in [-0.05, 0) is 56.2 Å². The molecule has 0 N–H and O–H groups in total. The summed E-state index contributed by atoms with van der Waals surface area (Å²) in [5.74, 6) is 0.607. The van der Waals surface area contributed by atoms with Gasteiger partial charge in [0.05, 0.1) is 30.3 Å². The fraction of sp³-hybridized carbons (Fsp3) is 0.586. The number of nitrogens with zero attached hydrogens (tertiary/aromatic N) is 1. The van der Waals surface area contributed by atoms with Crippen LogP contribution in [0, 0.1) is 17.3 Å². The molecule has 35 heavy (non-hydrogen) atoms. The van der Waals surface area contributed by atoms with Crippen LogP contribution in [-0.4, -0.2) is 44.4 Å². The molecule has 0 spiro atoms. The maximum Gasteiger partial charge on any atom is 0.337 e. The summed E-state index contributed by atoms with van der Waals surface area (Å²) in [6.45, 7) is 8.66. The van der Waals surface area contributed by atoms with E-state index in [9.17, 15) is 9.59 Å². The Labute approximate surface area is 215 Å². The van der Waals surface area contributed by atoms with Crippen LogP contribution in [0.2, 0.25) is 0 Å². The number of benzene rings is 1. The quantitative estimate of drug-likeness (QED) is 0.194. The van der Waals surface area contributed by atoms with E-state index in [0.29, 0.717) is 12.2 Å². The number of ether oxygens (including phenoxy) is 2. The molecule has 0 radical (unpaired) electrons. The molecule has 6 heteroatoms. The van der Waals surface area contributed by atoms with Crippen molar-refractivity contribution < 1.29 is 19.1 Å². The van der Waals surface area contributed by atoms with Crippen LogP contribution in [-0.2, 0) is 9.53 Å². The Hall–Kier alpha value is -2.27. The average Bonchev–Trinajstić information content (AvgIpc) is 2.98. The summed E-state index contributed by atoms with van der Waals surface area (Å²) < 4.78 is 11.3. The van der Waals surface area contributed by atoms with Gasteiger partial charge in [-0.1, -0.05) is 51.0 Å². The fourth-order valence-electron chi connectivity index (χ4n) is 5.22. The number of esters is 1. The van der Waals surface area contributed by atoms with Crippen molar-refractivity contribution >= 4 is 29.5 Å². The summed E-state index contributed by atoms with van der Waals surface area (Å²) in [4.78, 5) is 26.4. The number of rotatable bonds is 11. The molecule has 2 aliphatic rings. The van der Waals surface area contributed by atoms with Crippen molar-refractivity contribution in [1.29, 1.82) is 0 Å². The van der Waals surface area contributed by atoms with E-state index < -0.39 is 0 Å². The van der Waals surface area contributed by atoms with Gasteiger partial charge in [-0.15, -0.1) is 11.6 Å². The van der Waals surface area contributed by atoms with Crippen molar-refractivity contribution in [2.75, 3.05) is 31.7 Å². The van der Waals surface area contributed by atoms with E-state index in [4.69, 9.17) is 21.1 Å². The van der Waals surface area contributed by atoms with Crippen molar-refractivity contribution in [3.05, 3.63) is 47.6 Å². The van der Waals surface area contributed by atoms with Crippen LogP contribution in [0.4, 0.5) is 5.69 Å². The molecule has 0 aromatic heterocycles. The van der Waals surface area contributed by atoms with E-state index in [1.807, 2.05) is 18.2 Å². The van der Waals surface area contributed by atoms with Crippen LogP contribution < -0.4 is 9.64 Å². The maximum atomic E-state index is 12.2. The first-order valence-corrected chi connectivity index (χ1v) is 13.3. The number of alkyl halides is 1.